The van der Waals surface area contributed by atoms with Crippen molar-refractivity contribution in [3.05, 3.63) is 58.7 Å². The van der Waals surface area contributed by atoms with Gasteiger partial charge in [-0.05, 0) is 61.1 Å². The lowest BCUT2D eigenvalue weighted by Crippen LogP contribution is -2.08. The zero-order chi connectivity index (χ0) is 14.0. The lowest BCUT2D eigenvalue weighted by Gasteiger charge is -2.15. The van der Waals surface area contributed by atoms with Crippen LogP contribution in [0.1, 0.15) is 41.6 Å². The zero-order valence-corrected chi connectivity index (χ0v) is 12.3. The maximum Gasteiger partial charge on any atom is 0.0292 e. The lowest BCUT2D eigenvalue weighted by molar-refractivity contribution is 0.699. The van der Waals surface area contributed by atoms with Crippen LogP contribution in [0.3, 0.4) is 0 Å². The van der Waals surface area contributed by atoms with Crippen LogP contribution >= 0.6 is 0 Å². The van der Waals surface area contributed by atoms with Gasteiger partial charge in [0.2, 0.25) is 0 Å². The van der Waals surface area contributed by atoms with Gasteiger partial charge in [0.05, 0.1) is 0 Å². The Hall–Kier alpha value is -1.60. The van der Waals surface area contributed by atoms with Gasteiger partial charge in [0.25, 0.3) is 0 Å². The maximum absolute atomic E-state index is 6.14. The summed E-state index contributed by atoms with van der Waals surface area (Å²) in [6.45, 7) is 8.64. The Kier molecular flexibility index (Phi) is 4.06. The first kappa shape index (κ1) is 13.8. The molecule has 1 heteroatoms. The van der Waals surface area contributed by atoms with Crippen molar-refractivity contribution in [1.29, 1.82) is 0 Å². The third kappa shape index (κ3) is 2.87. The van der Waals surface area contributed by atoms with Gasteiger partial charge >= 0.3 is 0 Å². The van der Waals surface area contributed by atoms with E-state index in [0.717, 1.165) is 6.42 Å². The molecule has 2 aromatic rings. The molecular formula is C18H23N. The average molecular weight is 253 g/mol. The maximum atomic E-state index is 6.14. The third-order valence-electron chi connectivity index (χ3n) is 3.72. The molecule has 2 rings (SSSR count). The molecule has 0 amide bonds. The summed E-state index contributed by atoms with van der Waals surface area (Å²) >= 11 is 0. The first-order valence-electron chi connectivity index (χ1n) is 6.96. The van der Waals surface area contributed by atoms with Crippen LogP contribution in [0.2, 0.25) is 0 Å². The molecule has 0 fully saturated rings. The summed E-state index contributed by atoms with van der Waals surface area (Å²) in [6.07, 6.45) is 0.968. The summed E-state index contributed by atoms with van der Waals surface area (Å²) in [5, 5.41) is 0. The van der Waals surface area contributed by atoms with Crippen LogP contribution in [0.4, 0.5) is 0 Å². The van der Waals surface area contributed by atoms with Gasteiger partial charge in [-0.2, -0.15) is 0 Å². The molecule has 0 aromatic heterocycles. The molecule has 0 saturated carbocycles. The van der Waals surface area contributed by atoms with Crippen molar-refractivity contribution in [2.75, 3.05) is 0 Å². The fourth-order valence-electron chi connectivity index (χ4n) is 2.80. The van der Waals surface area contributed by atoms with E-state index in [-0.39, 0.29) is 6.04 Å². The van der Waals surface area contributed by atoms with Crippen molar-refractivity contribution in [2.45, 2.75) is 40.2 Å². The number of hydrogen-bond acceptors (Lipinski definition) is 1. The topological polar surface area (TPSA) is 26.0 Å². The highest BCUT2D eigenvalue weighted by molar-refractivity contribution is 5.71. The molecule has 1 nitrogen and oxygen atoms in total. The number of benzene rings is 2. The van der Waals surface area contributed by atoms with E-state index >= 15 is 0 Å². The number of nitrogens with two attached hydrogens (primary N) is 1. The molecule has 0 aliphatic carbocycles. The van der Waals surface area contributed by atoms with Gasteiger partial charge < -0.3 is 5.73 Å². The molecule has 2 aromatic carbocycles. The highest BCUT2D eigenvalue weighted by atomic mass is 14.6. The molecule has 0 aliphatic rings. The Labute approximate surface area is 116 Å². The minimum atomic E-state index is 0.131. The van der Waals surface area contributed by atoms with Gasteiger partial charge in [-0.15, -0.1) is 0 Å². The van der Waals surface area contributed by atoms with Crippen LogP contribution in [-0.2, 0) is 0 Å². The van der Waals surface area contributed by atoms with Crippen molar-refractivity contribution in [2.24, 2.45) is 5.73 Å². The van der Waals surface area contributed by atoms with E-state index in [4.69, 9.17) is 5.73 Å². The Morgan fingerprint density at radius 2 is 1.63 bits per heavy atom. The van der Waals surface area contributed by atoms with Crippen LogP contribution < -0.4 is 5.73 Å². The van der Waals surface area contributed by atoms with Gasteiger partial charge in [-0.1, -0.05) is 42.8 Å². The first-order chi connectivity index (χ1) is 9.02. The fraction of sp³-hybridized carbons (Fsp3) is 0.333. The number of aryl methyl sites for hydroxylation is 3. The van der Waals surface area contributed by atoms with Crippen LogP contribution in [0.15, 0.2) is 36.4 Å². The summed E-state index contributed by atoms with van der Waals surface area (Å²) in [5.41, 5.74) is 14.0. The van der Waals surface area contributed by atoms with Gasteiger partial charge in [-0.25, -0.2) is 0 Å². The van der Waals surface area contributed by atoms with E-state index in [2.05, 4.69) is 64.1 Å². The summed E-state index contributed by atoms with van der Waals surface area (Å²) in [6, 6.07) is 13.3. The SMILES string of the molecule is CCC(N)c1cccc(-c2c(C)cc(C)cc2C)c1. The molecule has 0 spiro atoms. The average Bonchev–Trinajstić information content (AvgIpc) is 2.37. The molecule has 0 bridgehead atoms. The second kappa shape index (κ2) is 5.58. The predicted octanol–water partition coefficient (Wildman–Crippen LogP) is 4.69. The molecule has 1 atom stereocenters. The molecule has 19 heavy (non-hydrogen) atoms. The normalized spacial score (nSPS) is 12.5. The summed E-state index contributed by atoms with van der Waals surface area (Å²) in [7, 11) is 0. The van der Waals surface area contributed by atoms with Crippen LogP contribution in [0, 0.1) is 20.8 Å². The van der Waals surface area contributed by atoms with Crippen molar-refractivity contribution < 1.29 is 0 Å². The van der Waals surface area contributed by atoms with Gasteiger partial charge in [-0.3, -0.25) is 0 Å². The minimum Gasteiger partial charge on any atom is -0.324 e. The van der Waals surface area contributed by atoms with Crippen LogP contribution in [0.25, 0.3) is 11.1 Å². The Bertz CT molecular complexity index is 561. The fourth-order valence-corrected chi connectivity index (χ4v) is 2.80. The van der Waals surface area contributed by atoms with Gasteiger partial charge in [0.15, 0.2) is 0 Å². The predicted molar refractivity (Wildman–Crippen MR) is 83.3 cm³/mol. The van der Waals surface area contributed by atoms with Gasteiger partial charge in [0, 0.05) is 6.04 Å². The quantitative estimate of drug-likeness (QED) is 0.843. The Balaban J connectivity index is 2.54. The van der Waals surface area contributed by atoms with Crippen LogP contribution in [0.5, 0.6) is 0 Å². The van der Waals surface area contributed by atoms with E-state index < -0.39 is 0 Å². The van der Waals surface area contributed by atoms with E-state index in [1.54, 1.807) is 0 Å². The standard InChI is InChI=1S/C18H23N/c1-5-17(19)15-7-6-8-16(11-15)18-13(3)9-12(2)10-14(18)4/h6-11,17H,5,19H2,1-4H3. The molecule has 1 unspecified atom stereocenters. The summed E-state index contributed by atoms with van der Waals surface area (Å²) < 4.78 is 0. The third-order valence-corrected chi connectivity index (χ3v) is 3.72. The Morgan fingerprint density at radius 1 is 1.00 bits per heavy atom. The number of hydrogen-bond donors (Lipinski definition) is 1. The van der Waals surface area contributed by atoms with E-state index in [0.29, 0.717) is 0 Å². The molecule has 0 heterocycles. The van der Waals surface area contributed by atoms with Crippen molar-refractivity contribution in [3.8, 4) is 11.1 Å². The molecule has 0 saturated heterocycles. The second-order valence-electron chi connectivity index (χ2n) is 5.41. The molecule has 0 aliphatic heterocycles. The molecular weight excluding hydrogens is 230 g/mol. The zero-order valence-electron chi connectivity index (χ0n) is 12.3. The van der Waals surface area contributed by atoms with E-state index in [9.17, 15) is 0 Å². The lowest BCUT2D eigenvalue weighted by atomic mass is 9.92. The smallest absolute Gasteiger partial charge is 0.0292 e. The van der Waals surface area contributed by atoms with Crippen molar-refractivity contribution in [3.63, 3.8) is 0 Å². The second-order valence-corrected chi connectivity index (χ2v) is 5.41. The highest BCUT2D eigenvalue weighted by Crippen LogP contribution is 2.30. The molecule has 2 N–H and O–H groups in total. The van der Waals surface area contributed by atoms with Crippen LogP contribution in [-0.4, -0.2) is 0 Å². The van der Waals surface area contributed by atoms with Crippen molar-refractivity contribution in [1.82, 2.24) is 0 Å². The highest BCUT2D eigenvalue weighted by Gasteiger charge is 2.09. The molecule has 0 radical (unpaired) electrons. The number of rotatable bonds is 3. The van der Waals surface area contributed by atoms with E-state index in [1.165, 1.54) is 33.4 Å². The molecule has 100 valence electrons. The Morgan fingerprint density at radius 3 is 2.21 bits per heavy atom. The van der Waals surface area contributed by atoms with Gasteiger partial charge in [0.1, 0.15) is 0 Å². The minimum absolute atomic E-state index is 0.131. The monoisotopic (exact) mass is 253 g/mol. The largest absolute Gasteiger partial charge is 0.324 e. The van der Waals surface area contributed by atoms with Crippen molar-refractivity contribution >= 4 is 0 Å². The summed E-state index contributed by atoms with van der Waals surface area (Å²) in [5.74, 6) is 0. The first-order valence-corrected chi connectivity index (χ1v) is 6.96. The summed E-state index contributed by atoms with van der Waals surface area (Å²) in [4.78, 5) is 0. The van der Waals surface area contributed by atoms with E-state index in [1.807, 2.05) is 0 Å².